The molecule has 41 heavy (non-hydrogen) atoms. The molecule has 0 N–H and O–H groups in total. The van der Waals surface area contributed by atoms with Gasteiger partial charge in [0.25, 0.3) is 0 Å². The van der Waals surface area contributed by atoms with Crippen LogP contribution in [0.4, 0.5) is 11.4 Å². The first kappa shape index (κ1) is 30.2. The van der Waals surface area contributed by atoms with E-state index in [1.54, 1.807) is 24.3 Å². The van der Waals surface area contributed by atoms with E-state index in [0.29, 0.717) is 11.4 Å². The summed E-state index contributed by atoms with van der Waals surface area (Å²) in [6.45, 7) is 2.80. The number of esters is 5. The highest BCUT2D eigenvalue weighted by atomic mass is 16.6. The largest absolute Gasteiger partial charge is 0.466 e. The topological polar surface area (TPSA) is 156 Å². The zero-order valence-electron chi connectivity index (χ0n) is 22.6. The highest BCUT2D eigenvalue weighted by Crippen LogP contribution is 2.23. The molecule has 0 fully saturated rings. The lowest BCUT2D eigenvalue weighted by Crippen LogP contribution is -2.25. The quantitative estimate of drug-likeness (QED) is 0.146. The van der Waals surface area contributed by atoms with Gasteiger partial charge in [0.05, 0.1) is 42.3 Å². The van der Waals surface area contributed by atoms with Gasteiger partial charge in [0, 0.05) is 0 Å². The van der Waals surface area contributed by atoms with Gasteiger partial charge in [0.15, 0.2) is 12.2 Å². The number of methoxy groups -OCH3 is 2. The fourth-order valence-corrected chi connectivity index (χ4v) is 3.15. The zero-order valence-corrected chi connectivity index (χ0v) is 22.6. The molecule has 2 atom stereocenters. The van der Waals surface area contributed by atoms with Crippen LogP contribution in [0.1, 0.15) is 44.9 Å². The van der Waals surface area contributed by atoms with Gasteiger partial charge in [-0.1, -0.05) is 0 Å². The van der Waals surface area contributed by atoms with E-state index < -0.39 is 42.1 Å². The van der Waals surface area contributed by atoms with Crippen LogP contribution >= 0.6 is 0 Å². The maximum atomic E-state index is 12.5. The van der Waals surface area contributed by atoms with Crippen LogP contribution < -0.4 is 4.74 Å². The van der Waals surface area contributed by atoms with Crippen LogP contribution in [0.15, 0.2) is 83.0 Å². The number of hydrogen-bond donors (Lipinski definition) is 0. The van der Waals surface area contributed by atoms with Gasteiger partial charge in [-0.15, -0.1) is 0 Å². The average Bonchev–Trinajstić information content (AvgIpc) is 2.99. The Morgan fingerprint density at radius 3 is 1.27 bits per heavy atom. The second-order valence-electron chi connectivity index (χ2n) is 8.35. The Morgan fingerprint density at radius 2 is 0.878 bits per heavy atom. The van der Waals surface area contributed by atoms with E-state index >= 15 is 0 Å². The van der Waals surface area contributed by atoms with Gasteiger partial charge in [-0.05, 0) is 86.6 Å². The summed E-state index contributed by atoms with van der Waals surface area (Å²) in [7, 11) is 2.39. The molecule has 12 nitrogen and oxygen atoms in total. The molecule has 0 aromatic heterocycles. The molecule has 3 aromatic carbocycles. The van der Waals surface area contributed by atoms with E-state index in [2.05, 4.69) is 19.7 Å². The SMILES string of the molecule is COC(=O)[C@H](C)OC(=O)c1ccc(C(=O)Oc2ccc(N=Nc3ccc(C(=O)O[C@H](C)C(=O)OC)cc3)cc2)cc1. The van der Waals surface area contributed by atoms with Gasteiger partial charge in [0.2, 0.25) is 0 Å². The van der Waals surface area contributed by atoms with Gasteiger partial charge in [0.1, 0.15) is 5.75 Å². The minimum atomic E-state index is -1.07. The van der Waals surface area contributed by atoms with Crippen LogP contribution in [-0.2, 0) is 28.5 Å². The molecule has 3 rings (SSSR count). The molecule has 0 aliphatic heterocycles. The van der Waals surface area contributed by atoms with E-state index in [4.69, 9.17) is 14.2 Å². The lowest BCUT2D eigenvalue weighted by Gasteiger charge is -2.11. The second-order valence-corrected chi connectivity index (χ2v) is 8.35. The summed E-state index contributed by atoms with van der Waals surface area (Å²) < 4.78 is 24.4. The van der Waals surface area contributed by atoms with Crippen molar-refractivity contribution in [2.75, 3.05) is 14.2 Å². The van der Waals surface area contributed by atoms with Crippen molar-refractivity contribution >= 4 is 41.2 Å². The van der Waals surface area contributed by atoms with E-state index in [-0.39, 0.29) is 22.4 Å². The van der Waals surface area contributed by atoms with Crippen molar-refractivity contribution in [1.82, 2.24) is 0 Å². The first-order chi connectivity index (χ1) is 19.6. The Balaban J connectivity index is 1.54. The average molecular weight is 563 g/mol. The van der Waals surface area contributed by atoms with E-state index in [1.165, 1.54) is 76.6 Å². The van der Waals surface area contributed by atoms with Crippen LogP contribution in [0, 0.1) is 0 Å². The smallest absolute Gasteiger partial charge is 0.346 e. The summed E-state index contributed by atoms with van der Waals surface area (Å²) in [5.41, 5.74) is 1.51. The lowest BCUT2D eigenvalue weighted by atomic mass is 10.1. The monoisotopic (exact) mass is 562 g/mol. The summed E-state index contributed by atoms with van der Waals surface area (Å²) in [4.78, 5) is 59.5. The van der Waals surface area contributed by atoms with Gasteiger partial charge < -0.3 is 23.7 Å². The molecule has 0 saturated heterocycles. The van der Waals surface area contributed by atoms with Gasteiger partial charge in [-0.3, -0.25) is 0 Å². The first-order valence-electron chi connectivity index (χ1n) is 12.1. The number of nitrogens with zero attached hydrogens (tertiary/aromatic N) is 2. The molecule has 0 radical (unpaired) electrons. The molecule has 212 valence electrons. The van der Waals surface area contributed by atoms with Crippen molar-refractivity contribution in [3.05, 3.63) is 89.5 Å². The summed E-state index contributed by atoms with van der Waals surface area (Å²) >= 11 is 0. The van der Waals surface area contributed by atoms with Crippen molar-refractivity contribution in [3.63, 3.8) is 0 Å². The van der Waals surface area contributed by atoms with Gasteiger partial charge in [-0.25, -0.2) is 24.0 Å². The summed E-state index contributed by atoms with van der Waals surface area (Å²) in [5, 5.41) is 8.21. The Hall–Kier alpha value is -5.39. The molecule has 0 bridgehead atoms. The molecule has 0 unspecified atom stereocenters. The van der Waals surface area contributed by atoms with E-state index in [1.807, 2.05) is 0 Å². The summed E-state index contributed by atoms with van der Waals surface area (Å²) in [5.74, 6) is -3.16. The number of azo groups is 1. The van der Waals surface area contributed by atoms with Crippen molar-refractivity contribution < 1.29 is 47.7 Å². The third kappa shape index (κ3) is 8.55. The highest BCUT2D eigenvalue weighted by molar-refractivity contribution is 5.95. The standard InChI is InChI=1S/C29H26N2O10/c1-17(25(32)37-3)39-27(34)19-5-7-20(8-6-19)29(36)41-24-15-13-23(14-16-24)31-30-22-11-9-21(10-12-22)28(35)40-18(2)26(33)38-4/h5-18H,1-4H3/t17-,18+/m0/s1. The highest BCUT2D eigenvalue weighted by Gasteiger charge is 2.20. The Morgan fingerprint density at radius 1 is 0.537 bits per heavy atom. The number of benzene rings is 3. The second kappa shape index (κ2) is 14.1. The summed E-state index contributed by atoms with van der Waals surface area (Å²) in [6, 6.07) is 17.9. The molecule has 0 saturated carbocycles. The number of carbonyl (C=O) groups excluding carboxylic acids is 5. The molecule has 0 aliphatic carbocycles. The number of rotatable bonds is 10. The lowest BCUT2D eigenvalue weighted by molar-refractivity contribution is -0.150. The van der Waals surface area contributed by atoms with Gasteiger partial charge >= 0.3 is 29.8 Å². The van der Waals surface area contributed by atoms with E-state index in [9.17, 15) is 24.0 Å². The van der Waals surface area contributed by atoms with Crippen LogP contribution in [0.2, 0.25) is 0 Å². The molecule has 12 heteroatoms. The van der Waals surface area contributed by atoms with Crippen molar-refractivity contribution in [1.29, 1.82) is 0 Å². The molecule has 0 spiro atoms. The fourth-order valence-electron chi connectivity index (χ4n) is 3.15. The Bertz CT molecular complexity index is 1430. The Labute approximate surface area is 234 Å². The predicted molar refractivity (Wildman–Crippen MR) is 142 cm³/mol. The molecular weight excluding hydrogens is 536 g/mol. The predicted octanol–water partition coefficient (Wildman–Crippen LogP) is 4.76. The summed E-state index contributed by atoms with van der Waals surface area (Å²) in [6.07, 6.45) is -2.10. The molecule has 0 aliphatic rings. The minimum absolute atomic E-state index is 0.148. The first-order valence-corrected chi connectivity index (χ1v) is 12.1. The number of ether oxygens (including phenoxy) is 5. The third-order valence-corrected chi connectivity index (χ3v) is 5.42. The fraction of sp³-hybridized carbons (Fsp3) is 0.207. The van der Waals surface area contributed by atoms with Gasteiger partial charge in [-0.2, -0.15) is 10.2 Å². The zero-order chi connectivity index (χ0) is 29.9. The molecule has 0 amide bonds. The number of carbonyl (C=O) groups is 5. The molecular formula is C29H26N2O10. The van der Waals surface area contributed by atoms with Crippen molar-refractivity contribution in [2.45, 2.75) is 26.1 Å². The van der Waals surface area contributed by atoms with Crippen molar-refractivity contribution in [2.24, 2.45) is 10.2 Å². The van der Waals surface area contributed by atoms with Crippen LogP contribution in [0.25, 0.3) is 0 Å². The maximum absolute atomic E-state index is 12.5. The minimum Gasteiger partial charge on any atom is -0.466 e. The van der Waals surface area contributed by atoms with Crippen LogP contribution in [0.5, 0.6) is 5.75 Å². The third-order valence-electron chi connectivity index (χ3n) is 5.42. The van der Waals surface area contributed by atoms with Crippen LogP contribution in [-0.4, -0.2) is 56.3 Å². The van der Waals surface area contributed by atoms with Crippen LogP contribution in [0.3, 0.4) is 0 Å². The van der Waals surface area contributed by atoms with E-state index in [0.717, 1.165) is 0 Å². The Kier molecular flexibility index (Phi) is 10.4. The molecule has 3 aromatic rings. The molecule has 0 heterocycles. The van der Waals surface area contributed by atoms with Crippen molar-refractivity contribution in [3.8, 4) is 5.75 Å². The maximum Gasteiger partial charge on any atom is 0.346 e. The normalized spacial score (nSPS) is 12.1. The number of hydrogen-bond acceptors (Lipinski definition) is 12.